The van der Waals surface area contributed by atoms with Crippen LogP contribution in [0.4, 0.5) is 30.2 Å². The number of benzene rings is 3. The van der Waals surface area contributed by atoms with Crippen molar-refractivity contribution in [3.8, 4) is 0 Å². The van der Waals surface area contributed by atoms with E-state index in [1.54, 1.807) is 13.0 Å². The smallest absolute Gasteiger partial charge is 0.322 e. The molecule has 0 aliphatic carbocycles. The van der Waals surface area contributed by atoms with Crippen LogP contribution in [0.2, 0.25) is 5.02 Å². The van der Waals surface area contributed by atoms with E-state index in [1.807, 2.05) is 0 Å². The van der Waals surface area contributed by atoms with Crippen LogP contribution in [-0.4, -0.2) is 16.7 Å². The summed E-state index contributed by atoms with van der Waals surface area (Å²) >= 11 is 5.86. The van der Waals surface area contributed by atoms with Gasteiger partial charge in [-0.25, -0.2) is 0 Å². The second-order valence-electron chi connectivity index (χ2n) is 6.94. The minimum atomic E-state index is -4.60. The maximum atomic E-state index is 12.9. The summed E-state index contributed by atoms with van der Waals surface area (Å²) in [4.78, 5) is 35.6. The van der Waals surface area contributed by atoms with Gasteiger partial charge >= 0.3 is 6.18 Å². The van der Waals surface area contributed by atoms with Crippen molar-refractivity contribution >= 4 is 40.5 Å². The number of nitro benzene ring substituents is 1. The largest absolute Gasteiger partial charge is 0.416 e. The number of nitro groups is 1. The summed E-state index contributed by atoms with van der Waals surface area (Å²) in [6, 6.07) is 11.9. The molecule has 0 spiro atoms. The number of nitrogens with zero attached hydrogens (tertiary/aromatic N) is 1. The number of alkyl halides is 3. The van der Waals surface area contributed by atoms with Gasteiger partial charge in [0.05, 0.1) is 10.5 Å². The number of carbonyl (C=O) groups is 2. The molecule has 0 fully saturated rings. The number of hydrogen-bond acceptors (Lipinski definition) is 4. The minimum Gasteiger partial charge on any atom is -0.322 e. The first-order valence-electron chi connectivity index (χ1n) is 9.30. The Morgan fingerprint density at radius 2 is 1.70 bits per heavy atom. The molecule has 0 atom stereocenters. The molecule has 3 aromatic carbocycles. The maximum absolute atomic E-state index is 12.9. The molecule has 0 saturated heterocycles. The number of aryl methyl sites for hydroxylation is 1. The van der Waals surface area contributed by atoms with E-state index in [0.29, 0.717) is 5.56 Å². The summed E-state index contributed by atoms with van der Waals surface area (Å²) in [5, 5.41) is 16.3. The Hall–Kier alpha value is -3.92. The molecule has 0 bridgehead atoms. The van der Waals surface area contributed by atoms with E-state index in [4.69, 9.17) is 11.6 Å². The molecular formula is C22H15ClF3N3O4. The number of rotatable bonds is 5. The van der Waals surface area contributed by atoms with Gasteiger partial charge in [0.2, 0.25) is 0 Å². The Morgan fingerprint density at radius 1 is 0.970 bits per heavy atom. The Labute approximate surface area is 190 Å². The highest BCUT2D eigenvalue weighted by atomic mass is 35.5. The summed E-state index contributed by atoms with van der Waals surface area (Å²) in [6.07, 6.45) is -4.60. The molecule has 0 heterocycles. The van der Waals surface area contributed by atoms with E-state index in [9.17, 15) is 32.9 Å². The van der Waals surface area contributed by atoms with Gasteiger partial charge in [0.25, 0.3) is 17.5 Å². The van der Waals surface area contributed by atoms with Gasteiger partial charge in [0.15, 0.2) is 0 Å². The average Bonchev–Trinajstić information content (AvgIpc) is 2.75. The Balaban J connectivity index is 1.84. The standard InChI is InChI=1S/C22H15ClF3N3O4/c1-12-5-7-16(27-20(30)13-3-2-4-14(9-13)22(24,25)26)11-18(12)28-21(31)17-10-15(23)6-8-19(17)29(32)33/h2-11H,1H3,(H,27,30)(H,28,31). The van der Waals surface area contributed by atoms with E-state index < -0.39 is 34.2 Å². The lowest BCUT2D eigenvalue weighted by molar-refractivity contribution is -0.385. The van der Waals surface area contributed by atoms with Gasteiger partial charge in [0.1, 0.15) is 5.56 Å². The first-order chi connectivity index (χ1) is 15.5. The number of nitrogens with one attached hydrogen (secondary N) is 2. The highest BCUT2D eigenvalue weighted by Crippen LogP contribution is 2.30. The number of anilines is 2. The molecule has 0 aliphatic heterocycles. The molecular weight excluding hydrogens is 463 g/mol. The van der Waals surface area contributed by atoms with Crippen molar-refractivity contribution in [2.75, 3.05) is 10.6 Å². The lowest BCUT2D eigenvalue weighted by Crippen LogP contribution is -2.16. The van der Waals surface area contributed by atoms with Crippen LogP contribution in [0, 0.1) is 17.0 Å². The Morgan fingerprint density at radius 3 is 2.36 bits per heavy atom. The first-order valence-corrected chi connectivity index (χ1v) is 9.68. The molecule has 11 heteroatoms. The van der Waals surface area contributed by atoms with Crippen LogP contribution in [0.1, 0.15) is 31.8 Å². The van der Waals surface area contributed by atoms with Gasteiger partial charge in [-0.2, -0.15) is 13.2 Å². The normalized spacial score (nSPS) is 11.1. The molecule has 33 heavy (non-hydrogen) atoms. The topological polar surface area (TPSA) is 101 Å². The van der Waals surface area contributed by atoms with Crippen molar-refractivity contribution in [3.05, 3.63) is 98.1 Å². The molecule has 0 unspecified atom stereocenters. The summed E-state index contributed by atoms with van der Waals surface area (Å²) < 4.78 is 38.7. The molecule has 0 aliphatic rings. The van der Waals surface area contributed by atoms with Gasteiger partial charge < -0.3 is 10.6 Å². The monoisotopic (exact) mass is 477 g/mol. The van der Waals surface area contributed by atoms with Crippen molar-refractivity contribution in [1.82, 2.24) is 0 Å². The molecule has 3 rings (SSSR count). The molecule has 0 aromatic heterocycles. The van der Waals surface area contributed by atoms with Crippen LogP contribution in [-0.2, 0) is 6.18 Å². The minimum absolute atomic E-state index is 0.129. The van der Waals surface area contributed by atoms with Crippen molar-refractivity contribution in [1.29, 1.82) is 0 Å². The van der Waals surface area contributed by atoms with Crippen LogP contribution in [0.3, 0.4) is 0 Å². The fourth-order valence-electron chi connectivity index (χ4n) is 2.91. The van der Waals surface area contributed by atoms with Crippen LogP contribution < -0.4 is 10.6 Å². The van der Waals surface area contributed by atoms with Gasteiger partial charge in [-0.15, -0.1) is 0 Å². The zero-order valence-corrected chi connectivity index (χ0v) is 17.6. The van der Waals surface area contributed by atoms with Gasteiger partial charge in [-0.3, -0.25) is 19.7 Å². The lowest BCUT2D eigenvalue weighted by Gasteiger charge is -2.13. The van der Waals surface area contributed by atoms with Gasteiger partial charge in [0, 0.05) is 28.0 Å². The Kier molecular flexibility index (Phi) is 6.68. The number of hydrogen-bond donors (Lipinski definition) is 2. The van der Waals surface area contributed by atoms with Crippen LogP contribution in [0.5, 0.6) is 0 Å². The number of halogens is 4. The third-order valence-electron chi connectivity index (χ3n) is 4.60. The molecule has 2 N–H and O–H groups in total. The molecule has 3 aromatic rings. The van der Waals surface area contributed by atoms with E-state index in [2.05, 4.69) is 10.6 Å². The molecule has 2 amide bonds. The molecule has 170 valence electrons. The van der Waals surface area contributed by atoms with E-state index >= 15 is 0 Å². The quantitative estimate of drug-likeness (QED) is 0.343. The SMILES string of the molecule is Cc1ccc(NC(=O)c2cccc(C(F)(F)F)c2)cc1NC(=O)c1cc(Cl)ccc1[N+](=O)[O-]. The van der Waals surface area contributed by atoms with Crippen LogP contribution in [0.15, 0.2) is 60.7 Å². The fourth-order valence-corrected chi connectivity index (χ4v) is 3.09. The highest BCUT2D eigenvalue weighted by molar-refractivity contribution is 6.31. The van der Waals surface area contributed by atoms with Crippen LogP contribution in [0.25, 0.3) is 0 Å². The molecule has 0 radical (unpaired) electrons. The van der Waals surface area contributed by atoms with Crippen molar-refractivity contribution in [2.45, 2.75) is 13.1 Å². The van der Waals surface area contributed by atoms with Gasteiger partial charge in [-0.05, 0) is 55.0 Å². The average molecular weight is 478 g/mol. The summed E-state index contributed by atoms with van der Waals surface area (Å²) in [5.41, 5.74) is -0.866. The predicted octanol–water partition coefficient (Wildman–Crippen LogP) is 6.08. The highest BCUT2D eigenvalue weighted by Gasteiger charge is 2.31. The second kappa shape index (κ2) is 9.29. The van der Waals surface area contributed by atoms with E-state index in [0.717, 1.165) is 30.3 Å². The summed E-state index contributed by atoms with van der Waals surface area (Å²) in [7, 11) is 0. The van der Waals surface area contributed by atoms with E-state index in [1.165, 1.54) is 24.3 Å². The zero-order chi connectivity index (χ0) is 24.3. The molecule has 0 saturated carbocycles. The lowest BCUT2D eigenvalue weighted by atomic mass is 10.1. The summed E-state index contributed by atoms with van der Waals surface area (Å²) in [5.74, 6) is -1.58. The summed E-state index contributed by atoms with van der Waals surface area (Å²) in [6.45, 7) is 1.65. The number of carbonyl (C=O) groups excluding carboxylic acids is 2. The third kappa shape index (κ3) is 5.66. The van der Waals surface area contributed by atoms with Crippen molar-refractivity contribution < 1.29 is 27.7 Å². The zero-order valence-electron chi connectivity index (χ0n) is 16.9. The van der Waals surface area contributed by atoms with Gasteiger partial charge in [-0.1, -0.05) is 23.7 Å². The number of amides is 2. The fraction of sp³-hybridized carbons (Fsp3) is 0.0909. The maximum Gasteiger partial charge on any atom is 0.416 e. The second-order valence-corrected chi connectivity index (χ2v) is 7.37. The van der Waals surface area contributed by atoms with Crippen molar-refractivity contribution in [3.63, 3.8) is 0 Å². The third-order valence-corrected chi connectivity index (χ3v) is 4.83. The molecule has 7 nitrogen and oxygen atoms in total. The predicted molar refractivity (Wildman–Crippen MR) is 117 cm³/mol. The first kappa shape index (κ1) is 23.7. The van der Waals surface area contributed by atoms with Crippen LogP contribution >= 0.6 is 11.6 Å². The van der Waals surface area contributed by atoms with E-state index in [-0.39, 0.29) is 27.5 Å². The Bertz CT molecular complexity index is 1260. The van der Waals surface area contributed by atoms with Crippen molar-refractivity contribution in [2.24, 2.45) is 0 Å².